The SMILES string of the molecule is CCOOP(=O)(OOCC)SCc1nnc(C)o1. The lowest BCUT2D eigenvalue weighted by molar-refractivity contribution is -0.257. The number of aryl methyl sites for hydroxylation is 1. The third kappa shape index (κ3) is 5.47. The summed E-state index contributed by atoms with van der Waals surface area (Å²) in [6.07, 6.45) is 0. The Kier molecular flexibility index (Phi) is 6.83. The van der Waals surface area contributed by atoms with E-state index >= 15 is 0 Å². The Morgan fingerprint density at radius 3 is 2.28 bits per heavy atom. The molecule has 104 valence electrons. The van der Waals surface area contributed by atoms with Crippen molar-refractivity contribution < 1.29 is 28.1 Å². The zero-order valence-electron chi connectivity index (χ0n) is 10.3. The van der Waals surface area contributed by atoms with E-state index < -0.39 is 6.80 Å². The minimum Gasteiger partial charge on any atom is -0.425 e. The van der Waals surface area contributed by atoms with Gasteiger partial charge in [0.05, 0.1) is 19.0 Å². The molecule has 0 bridgehead atoms. The molecule has 1 heterocycles. The standard InChI is InChI=1S/C8H15N2O6PS/c1-4-12-15-17(11,16-13-5-2)18-6-8-10-9-7(3)14-8/h4-6H2,1-3H3. The molecule has 0 N–H and O–H groups in total. The predicted molar refractivity (Wildman–Crippen MR) is 63.4 cm³/mol. The summed E-state index contributed by atoms with van der Waals surface area (Å²) >= 11 is 0.835. The van der Waals surface area contributed by atoms with Gasteiger partial charge in [-0.1, -0.05) is 0 Å². The predicted octanol–water partition coefficient (Wildman–Crippen LogP) is 2.66. The topological polar surface area (TPSA) is 92.9 Å². The molecule has 1 aromatic heterocycles. The van der Waals surface area contributed by atoms with Gasteiger partial charge >= 0.3 is 6.80 Å². The van der Waals surface area contributed by atoms with Gasteiger partial charge in [0, 0.05) is 6.92 Å². The van der Waals surface area contributed by atoms with Crippen molar-refractivity contribution in [3.63, 3.8) is 0 Å². The van der Waals surface area contributed by atoms with Crippen LogP contribution in [0.1, 0.15) is 25.6 Å². The third-order valence-corrected chi connectivity index (χ3v) is 4.41. The van der Waals surface area contributed by atoms with E-state index in [9.17, 15) is 4.57 Å². The van der Waals surface area contributed by atoms with E-state index in [1.807, 2.05) is 0 Å². The summed E-state index contributed by atoms with van der Waals surface area (Å²) in [7, 11) is 0. The second-order valence-corrected chi connectivity index (χ2v) is 6.75. The first-order valence-electron chi connectivity index (χ1n) is 5.25. The molecule has 0 aliphatic rings. The molecule has 0 unspecified atom stereocenters. The van der Waals surface area contributed by atoms with Gasteiger partial charge in [-0.3, -0.25) is 0 Å². The first-order valence-corrected chi connectivity index (χ1v) is 8.39. The van der Waals surface area contributed by atoms with Crippen molar-refractivity contribution in [3.8, 4) is 0 Å². The van der Waals surface area contributed by atoms with E-state index in [4.69, 9.17) is 13.8 Å². The molecule has 0 spiro atoms. The molecular weight excluding hydrogens is 283 g/mol. The van der Waals surface area contributed by atoms with E-state index in [-0.39, 0.29) is 19.0 Å². The van der Waals surface area contributed by atoms with Crippen molar-refractivity contribution in [2.45, 2.75) is 26.5 Å². The zero-order chi connectivity index (χ0) is 13.4. The molecule has 10 heteroatoms. The van der Waals surface area contributed by atoms with Gasteiger partial charge in [0.1, 0.15) is 0 Å². The Balaban J connectivity index is 2.51. The highest BCUT2D eigenvalue weighted by Gasteiger charge is 2.30. The highest BCUT2D eigenvalue weighted by molar-refractivity contribution is 8.54. The number of rotatable bonds is 9. The lowest BCUT2D eigenvalue weighted by Gasteiger charge is -2.13. The number of hydrogen-bond acceptors (Lipinski definition) is 9. The molecule has 0 amide bonds. The molecule has 0 aliphatic carbocycles. The van der Waals surface area contributed by atoms with Crippen molar-refractivity contribution >= 4 is 18.2 Å². The first kappa shape index (κ1) is 15.6. The van der Waals surface area contributed by atoms with Crippen LogP contribution in [0.5, 0.6) is 0 Å². The van der Waals surface area contributed by atoms with Crippen molar-refractivity contribution in [2.24, 2.45) is 0 Å². The van der Waals surface area contributed by atoms with Gasteiger partial charge in [0.25, 0.3) is 0 Å². The summed E-state index contributed by atoms with van der Waals surface area (Å²) in [5, 5.41) is 7.41. The Bertz CT molecular complexity index is 389. The van der Waals surface area contributed by atoms with Gasteiger partial charge in [0.2, 0.25) is 11.8 Å². The maximum absolute atomic E-state index is 12.1. The highest BCUT2D eigenvalue weighted by Crippen LogP contribution is 2.61. The molecular formula is C8H15N2O6PS. The average Bonchev–Trinajstić information content (AvgIpc) is 2.78. The van der Waals surface area contributed by atoms with Gasteiger partial charge in [-0.05, 0) is 25.2 Å². The number of nitrogens with zero attached hydrogens (tertiary/aromatic N) is 2. The van der Waals surface area contributed by atoms with Crippen LogP contribution in [0.4, 0.5) is 0 Å². The Morgan fingerprint density at radius 1 is 1.22 bits per heavy atom. The van der Waals surface area contributed by atoms with Gasteiger partial charge in [-0.25, -0.2) is 14.3 Å². The fourth-order valence-electron chi connectivity index (χ4n) is 0.820. The molecule has 8 nitrogen and oxygen atoms in total. The van der Waals surface area contributed by atoms with Crippen LogP contribution in [-0.2, 0) is 29.4 Å². The van der Waals surface area contributed by atoms with Crippen LogP contribution in [-0.4, -0.2) is 23.4 Å². The van der Waals surface area contributed by atoms with E-state index in [1.165, 1.54) is 0 Å². The molecule has 0 radical (unpaired) electrons. The molecule has 0 atom stereocenters. The van der Waals surface area contributed by atoms with Gasteiger partial charge in [-0.2, -0.15) is 0 Å². The summed E-state index contributed by atoms with van der Waals surface area (Å²) < 4.78 is 26.6. The molecule has 0 fully saturated rings. The van der Waals surface area contributed by atoms with Crippen molar-refractivity contribution in [3.05, 3.63) is 11.8 Å². The van der Waals surface area contributed by atoms with Crippen LogP contribution in [0.3, 0.4) is 0 Å². The molecule has 0 saturated carbocycles. The van der Waals surface area contributed by atoms with Crippen LogP contribution in [0.15, 0.2) is 4.42 Å². The fourth-order valence-corrected chi connectivity index (χ4v) is 3.11. The maximum atomic E-state index is 12.1. The van der Waals surface area contributed by atoms with Gasteiger partial charge in [0.15, 0.2) is 0 Å². The largest absolute Gasteiger partial charge is 0.443 e. The summed E-state index contributed by atoms with van der Waals surface area (Å²) in [5.41, 5.74) is 0. The second-order valence-electron chi connectivity index (χ2n) is 2.90. The smallest absolute Gasteiger partial charge is 0.425 e. The Hall–Kier alpha value is -0.440. The number of aromatic nitrogens is 2. The van der Waals surface area contributed by atoms with E-state index in [1.54, 1.807) is 20.8 Å². The number of hydrogen-bond donors (Lipinski definition) is 0. The molecule has 0 aromatic carbocycles. The lowest BCUT2D eigenvalue weighted by Crippen LogP contribution is -1.97. The molecule has 0 aliphatic heterocycles. The summed E-state index contributed by atoms with van der Waals surface area (Å²) in [6.45, 7) is 1.95. The average molecular weight is 298 g/mol. The summed E-state index contributed by atoms with van der Waals surface area (Å²) in [4.78, 5) is 9.27. The first-order chi connectivity index (χ1) is 8.59. The van der Waals surface area contributed by atoms with Crippen LogP contribution < -0.4 is 0 Å². The van der Waals surface area contributed by atoms with Crippen molar-refractivity contribution in [1.29, 1.82) is 0 Å². The van der Waals surface area contributed by atoms with Crippen molar-refractivity contribution in [1.82, 2.24) is 10.2 Å². The van der Waals surface area contributed by atoms with Crippen LogP contribution in [0.25, 0.3) is 0 Å². The minimum atomic E-state index is -3.56. The summed E-state index contributed by atoms with van der Waals surface area (Å²) in [5.74, 6) is 0.910. The van der Waals surface area contributed by atoms with Gasteiger partial charge < -0.3 is 4.42 Å². The highest BCUT2D eigenvalue weighted by atomic mass is 32.7. The van der Waals surface area contributed by atoms with Crippen LogP contribution >= 0.6 is 18.2 Å². The molecule has 1 aromatic rings. The van der Waals surface area contributed by atoms with E-state index in [0.29, 0.717) is 11.8 Å². The quantitative estimate of drug-likeness (QED) is 0.387. The van der Waals surface area contributed by atoms with Crippen molar-refractivity contribution in [2.75, 3.05) is 13.2 Å². The molecule has 1 rings (SSSR count). The van der Waals surface area contributed by atoms with Crippen LogP contribution in [0, 0.1) is 6.92 Å². The van der Waals surface area contributed by atoms with E-state index in [2.05, 4.69) is 20.0 Å². The second kappa shape index (κ2) is 7.88. The molecule has 18 heavy (non-hydrogen) atoms. The summed E-state index contributed by atoms with van der Waals surface area (Å²) in [6, 6.07) is 0. The van der Waals surface area contributed by atoms with E-state index in [0.717, 1.165) is 11.4 Å². The third-order valence-electron chi connectivity index (χ3n) is 1.44. The maximum Gasteiger partial charge on any atom is 0.443 e. The monoisotopic (exact) mass is 298 g/mol. The molecule has 0 saturated heterocycles. The van der Waals surface area contributed by atoms with Crippen LogP contribution in [0.2, 0.25) is 0 Å². The fraction of sp³-hybridized carbons (Fsp3) is 0.750. The zero-order valence-corrected chi connectivity index (χ0v) is 12.0. The normalized spacial score (nSPS) is 11.9. The Labute approximate surface area is 108 Å². The minimum absolute atomic E-state index is 0.165. The lowest BCUT2D eigenvalue weighted by atomic mass is 10.8. The van der Waals surface area contributed by atoms with Gasteiger partial charge in [-0.15, -0.1) is 19.5 Å². The Morgan fingerprint density at radius 2 is 1.83 bits per heavy atom.